The third-order valence-electron chi connectivity index (χ3n) is 2.26. The lowest BCUT2D eigenvalue weighted by Crippen LogP contribution is -2.14. The molecule has 1 heterocycles. The standard InChI is InChI=1S/C12H9ClFN3OS/c13-9-2-1-5-16-12(9)19-10-4-3-7(14)6-8(10)11(15)17-18/h1-6,18H,(H2,15,17). The van der Waals surface area contributed by atoms with E-state index in [0.717, 1.165) is 0 Å². The molecule has 0 aliphatic rings. The normalized spacial score (nSPS) is 11.6. The van der Waals surface area contributed by atoms with Crippen LogP contribution in [0.2, 0.25) is 5.02 Å². The molecule has 19 heavy (non-hydrogen) atoms. The minimum atomic E-state index is -0.474. The van der Waals surface area contributed by atoms with Crippen molar-refractivity contribution in [1.82, 2.24) is 4.98 Å². The molecule has 0 aliphatic heterocycles. The van der Waals surface area contributed by atoms with Crippen LogP contribution in [0.5, 0.6) is 0 Å². The maximum atomic E-state index is 13.2. The van der Waals surface area contributed by atoms with Gasteiger partial charge in [0.15, 0.2) is 5.84 Å². The van der Waals surface area contributed by atoms with E-state index in [2.05, 4.69) is 10.1 Å². The van der Waals surface area contributed by atoms with Gasteiger partial charge in [-0.15, -0.1) is 0 Å². The summed E-state index contributed by atoms with van der Waals surface area (Å²) >= 11 is 7.21. The first-order chi connectivity index (χ1) is 9.11. The highest BCUT2D eigenvalue weighted by atomic mass is 35.5. The van der Waals surface area contributed by atoms with Crippen molar-refractivity contribution in [2.75, 3.05) is 0 Å². The van der Waals surface area contributed by atoms with E-state index in [4.69, 9.17) is 22.5 Å². The number of amidine groups is 1. The molecule has 1 aromatic heterocycles. The molecule has 0 amide bonds. The second kappa shape index (κ2) is 5.90. The average Bonchev–Trinajstić information content (AvgIpc) is 2.42. The largest absolute Gasteiger partial charge is 0.409 e. The van der Waals surface area contributed by atoms with E-state index in [9.17, 15) is 4.39 Å². The van der Waals surface area contributed by atoms with Crippen molar-refractivity contribution < 1.29 is 9.60 Å². The van der Waals surface area contributed by atoms with Gasteiger partial charge in [-0.2, -0.15) is 0 Å². The maximum Gasteiger partial charge on any atom is 0.171 e. The number of aromatic nitrogens is 1. The summed E-state index contributed by atoms with van der Waals surface area (Å²) in [7, 11) is 0. The van der Waals surface area contributed by atoms with Gasteiger partial charge in [-0.25, -0.2) is 9.37 Å². The molecule has 0 saturated carbocycles. The van der Waals surface area contributed by atoms with Crippen molar-refractivity contribution in [3.8, 4) is 0 Å². The summed E-state index contributed by atoms with van der Waals surface area (Å²) in [4.78, 5) is 4.71. The van der Waals surface area contributed by atoms with Crippen molar-refractivity contribution >= 4 is 29.2 Å². The van der Waals surface area contributed by atoms with Crippen LogP contribution in [0, 0.1) is 5.82 Å². The molecule has 0 unspecified atom stereocenters. The topological polar surface area (TPSA) is 71.5 Å². The molecule has 3 N–H and O–H groups in total. The van der Waals surface area contributed by atoms with Crippen LogP contribution in [0.1, 0.15) is 5.56 Å². The van der Waals surface area contributed by atoms with Crippen molar-refractivity contribution in [3.63, 3.8) is 0 Å². The van der Waals surface area contributed by atoms with Gasteiger partial charge in [-0.3, -0.25) is 0 Å². The van der Waals surface area contributed by atoms with Crippen LogP contribution in [-0.4, -0.2) is 16.0 Å². The third kappa shape index (κ3) is 3.15. The number of oxime groups is 1. The Hall–Kier alpha value is -1.79. The predicted octanol–water partition coefficient (Wildman–Crippen LogP) is 3.12. The number of hydrogen-bond acceptors (Lipinski definition) is 4. The summed E-state index contributed by atoms with van der Waals surface area (Å²) in [5.74, 6) is -0.646. The number of benzene rings is 1. The highest BCUT2D eigenvalue weighted by molar-refractivity contribution is 7.99. The Morgan fingerprint density at radius 2 is 2.21 bits per heavy atom. The number of hydrogen-bond donors (Lipinski definition) is 2. The molecule has 7 heteroatoms. The van der Waals surface area contributed by atoms with Gasteiger partial charge >= 0.3 is 0 Å². The third-order valence-corrected chi connectivity index (χ3v) is 3.77. The SMILES string of the molecule is NC(=NO)c1cc(F)ccc1Sc1ncccc1Cl. The lowest BCUT2D eigenvalue weighted by Gasteiger charge is -2.08. The van der Waals surface area contributed by atoms with E-state index >= 15 is 0 Å². The predicted molar refractivity (Wildman–Crippen MR) is 72.3 cm³/mol. The van der Waals surface area contributed by atoms with Crippen LogP contribution in [0.4, 0.5) is 4.39 Å². The van der Waals surface area contributed by atoms with Crippen LogP contribution < -0.4 is 5.73 Å². The van der Waals surface area contributed by atoms with Crippen LogP contribution in [0.25, 0.3) is 0 Å². The smallest absolute Gasteiger partial charge is 0.171 e. The first kappa shape index (κ1) is 13.6. The van der Waals surface area contributed by atoms with E-state index in [1.54, 1.807) is 18.3 Å². The second-order valence-electron chi connectivity index (χ2n) is 3.52. The summed E-state index contributed by atoms with van der Waals surface area (Å²) in [6.45, 7) is 0. The molecule has 0 bridgehead atoms. The zero-order valence-corrected chi connectivity index (χ0v) is 11.1. The molecule has 2 aromatic rings. The van der Waals surface area contributed by atoms with Gasteiger partial charge in [-0.1, -0.05) is 28.5 Å². The first-order valence-electron chi connectivity index (χ1n) is 5.17. The van der Waals surface area contributed by atoms with Crippen molar-refractivity contribution in [2.45, 2.75) is 9.92 Å². The summed E-state index contributed by atoms with van der Waals surface area (Å²) in [6, 6.07) is 7.41. The molecule has 0 saturated heterocycles. The molecule has 2 rings (SSSR count). The zero-order chi connectivity index (χ0) is 13.8. The molecule has 0 spiro atoms. The molecule has 98 valence electrons. The van der Waals surface area contributed by atoms with Crippen LogP contribution in [0.15, 0.2) is 51.6 Å². The molecular formula is C12H9ClFN3OS. The molecule has 0 atom stereocenters. The minimum absolute atomic E-state index is 0.172. The number of nitrogens with two attached hydrogens (primary N) is 1. The van der Waals surface area contributed by atoms with Gasteiger partial charge in [0.1, 0.15) is 10.8 Å². The zero-order valence-electron chi connectivity index (χ0n) is 9.55. The molecule has 4 nitrogen and oxygen atoms in total. The van der Waals surface area contributed by atoms with Crippen molar-refractivity contribution in [3.05, 3.63) is 52.9 Å². The van der Waals surface area contributed by atoms with Gasteiger partial charge in [0.25, 0.3) is 0 Å². The summed E-state index contributed by atoms with van der Waals surface area (Å²) in [5.41, 5.74) is 5.81. The second-order valence-corrected chi connectivity index (χ2v) is 4.96. The number of rotatable bonds is 3. The lowest BCUT2D eigenvalue weighted by molar-refractivity contribution is 0.318. The quantitative estimate of drug-likeness (QED) is 0.395. The minimum Gasteiger partial charge on any atom is -0.409 e. The Morgan fingerprint density at radius 1 is 1.42 bits per heavy atom. The van der Waals surface area contributed by atoms with Gasteiger partial charge in [0, 0.05) is 16.7 Å². The number of pyridine rings is 1. The van der Waals surface area contributed by atoms with Crippen LogP contribution >= 0.6 is 23.4 Å². The number of halogens is 2. The Labute approximate surface area is 118 Å². The van der Waals surface area contributed by atoms with E-state index in [1.807, 2.05) is 0 Å². The van der Waals surface area contributed by atoms with E-state index in [0.29, 0.717) is 14.9 Å². The fourth-order valence-electron chi connectivity index (χ4n) is 1.40. The molecule has 0 fully saturated rings. The van der Waals surface area contributed by atoms with Crippen molar-refractivity contribution in [2.24, 2.45) is 10.9 Å². The fourth-order valence-corrected chi connectivity index (χ4v) is 2.53. The van der Waals surface area contributed by atoms with E-state index in [1.165, 1.54) is 30.0 Å². The van der Waals surface area contributed by atoms with Gasteiger partial charge in [0.2, 0.25) is 0 Å². The Balaban J connectivity index is 2.43. The van der Waals surface area contributed by atoms with Gasteiger partial charge in [0.05, 0.1) is 5.02 Å². The van der Waals surface area contributed by atoms with Crippen LogP contribution in [0.3, 0.4) is 0 Å². The van der Waals surface area contributed by atoms with Gasteiger partial charge in [-0.05, 0) is 30.3 Å². The first-order valence-corrected chi connectivity index (χ1v) is 6.37. The Kier molecular flexibility index (Phi) is 4.24. The molecule has 1 aromatic carbocycles. The Bertz CT molecular complexity index is 636. The summed E-state index contributed by atoms with van der Waals surface area (Å²) in [6.07, 6.45) is 1.60. The lowest BCUT2D eigenvalue weighted by atomic mass is 10.2. The summed E-state index contributed by atoms with van der Waals surface area (Å²) < 4.78 is 13.2. The maximum absolute atomic E-state index is 13.2. The fraction of sp³-hybridized carbons (Fsp3) is 0. The van der Waals surface area contributed by atoms with E-state index in [-0.39, 0.29) is 11.4 Å². The molecule has 0 aliphatic carbocycles. The molecule has 0 radical (unpaired) electrons. The van der Waals surface area contributed by atoms with Gasteiger partial charge < -0.3 is 10.9 Å². The highest BCUT2D eigenvalue weighted by Crippen LogP contribution is 2.33. The summed E-state index contributed by atoms with van der Waals surface area (Å²) in [5, 5.41) is 12.6. The highest BCUT2D eigenvalue weighted by Gasteiger charge is 2.12. The Morgan fingerprint density at radius 3 is 2.89 bits per heavy atom. The van der Waals surface area contributed by atoms with E-state index < -0.39 is 5.82 Å². The average molecular weight is 298 g/mol. The monoisotopic (exact) mass is 297 g/mol. The van der Waals surface area contributed by atoms with Crippen molar-refractivity contribution in [1.29, 1.82) is 0 Å². The van der Waals surface area contributed by atoms with Crippen LogP contribution in [-0.2, 0) is 0 Å². The molecular weight excluding hydrogens is 289 g/mol. The number of nitrogens with zero attached hydrogens (tertiary/aromatic N) is 2.